The van der Waals surface area contributed by atoms with Crippen molar-refractivity contribution in [2.24, 2.45) is 28.1 Å². The van der Waals surface area contributed by atoms with E-state index in [-0.39, 0.29) is 18.1 Å². The normalized spacial score (nSPS) is 51.9. The average molecular weight is 404 g/mol. The number of rotatable bonds is 2. The Morgan fingerprint density at radius 1 is 1.24 bits per heavy atom. The van der Waals surface area contributed by atoms with E-state index in [1.54, 1.807) is 19.9 Å². The third-order valence-corrected chi connectivity index (χ3v) is 9.64. The van der Waals surface area contributed by atoms with Gasteiger partial charge >= 0.3 is 0 Å². The van der Waals surface area contributed by atoms with Crippen LogP contribution in [0.5, 0.6) is 0 Å². The highest BCUT2D eigenvalue weighted by molar-refractivity contribution is 6.01. The van der Waals surface area contributed by atoms with Gasteiger partial charge in [-0.3, -0.25) is 9.59 Å². The molecule has 0 amide bonds. The first kappa shape index (κ1) is 19.6. The van der Waals surface area contributed by atoms with Gasteiger partial charge in [0.2, 0.25) is 0 Å². The molecule has 0 radical (unpaired) electrons. The Hall–Kier alpha value is -1.37. The topological polar surface area (TPSA) is 94.8 Å². The van der Waals surface area contributed by atoms with Crippen molar-refractivity contribution in [2.45, 2.75) is 69.7 Å². The zero-order chi connectivity index (χ0) is 21.0. The molecule has 0 aromatic rings. The standard InChI is InChI=1S/C23H29FO5/c1-19-6-5-14(26)9-13(19)3-4-15-16-10-21(7-8-21)23(29,18(28)12-25)20(16,2)11-17(27)22(15,19)24/h5-6,9,15-17,25,27,29H,3-4,7-8,10-12H2,1-2H3/t15?,16?,17-,19?,20?,22-,23-/m0/s1. The van der Waals surface area contributed by atoms with Gasteiger partial charge in [0.15, 0.2) is 17.2 Å². The number of alkyl halides is 1. The summed E-state index contributed by atoms with van der Waals surface area (Å²) >= 11 is 0. The van der Waals surface area contributed by atoms with Crippen LogP contribution in [0, 0.1) is 28.1 Å². The van der Waals surface area contributed by atoms with Crippen LogP contribution in [0.1, 0.15) is 52.4 Å². The maximum Gasteiger partial charge on any atom is 0.190 e. The van der Waals surface area contributed by atoms with Gasteiger partial charge in [-0.2, -0.15) is 0 Å². The van der Waals surface area contributed by atoms with Crippen LogP contribution in [-0.4, -0.2) is 50.9 Å². The highest BCUT2D eigenvalue weighted by Crippen LogP contribution is 2.78. The number of aliphatic hydroxyl groups is 3. The molecule has 7 atom stereocenters. The van der Waals surface area contributed by atoms with Crippen LogP contribution in [0.2, 0.25) is 0 Å². The monoisotopic (exact) mass is 404 g/mol. The third-order valence-electron chi connectivity index (χ3n) is 9.64. The molecule has 3 N–H and O–H groups in total. The lowest BCUT2D eigenvalue weighted by molar-refractivity contribution is -0.220. The van der Waals surface area contributed by atoms with Crippen molar-refractivity contribution >= 4 is 11.6 Å². The van der Waals surface area contributed by atoms with Crippen LogP contribution < -0.4 is 0 Å². The van der Waals surface area contributed by atoms with E-state index < -0.39 is 51.9 Å². The molecule has 29 heavy (non-hydrogen) atoms. The van der Waals surface area contributed by atoms with E-state index in [2.05, 4.69) is 0 Å². The fourth-order valence-electron chi connectivity index (χ4n) is 7.97. The molecular formula is C23H29FO5. The Morgan fingerprint density at radius 2 is 1.93 bits per heavy atom. The highest BCUT2D eigenvalue weighted by Gasteiger charge is 2.81. The van der Waals surface area contributed by atoms with Crippen LogP contribution in [0.4, 0.5) is 4.39 Å². The van der Waals surface area contributed by atoms with E-state index in [1.165, 1.54) is 12.2 Å². The average Bonchev–Trinajstić information content (AvgIpc) is 3.43. The first-order chi connectivity index (χ1) is 13.5. The van der Waals surface area contributed by atoms with Crippen molar-refractivity contribution in [3.8, 4) is 0 Å². The Morgan fingerprint density at radius 3 is 2.55 bits per heavy atom. The van der Waals surface area contributed by atoms with Crippen LogP contribution >= 0.6 is 0 Å². The molecule has 5 rings (SSSR count). The molecule has 4 saturated carbocycles. The first-order valence-electron chi connectivity index (χ1n) is 10.7. The number of ketones is 2. The second-order valence-electron chi connectivity index (χ2n) is 10.5. The van der Waals surface area contributed by atoms with Gasteiger partial charge in [0.1, 0.15) is 12.2 Å². The number of halogens is 1. The van der Waals surface area contributed by atoms with Gasteiger partial charge < -0.3 is 15.3 Å². The quantitative estimate of drug-likeness (QED) is 0.655. The molecule has 1 spiro atoms. The summed E-state index contributed by atoms with van der Waals surface area (Å²) in [6.45, 7) is 2.80. The fraction of sp³-hybridized carbons (Fsp3) is 0.739. The molecule has 6 heteroatoms. The molecule has 158 valence electrons. The van der Waals surface area contributed by atoms with Gasteiger partial charge in [0.25, 0.3) is 0 Å². The van der Waals surface area contributed by atoms with E-state index in [0.717, 1.165) is 0 Å². The number of carbonyl (C=O) groups is 2. The van der Waals surface area contributed by atoms with Crippen molar-refractivity contribution in [3.05, 3.63) is 23.8 Å². The number of hydrogen-bond acceptors (Lipinski definition) is 5. The second-order valence-corrected chi connectivity index (χ2v) is 10.5. The zero-order valence-electron chi connectivity index (χ0n) is 16.9. The lowest BCUT2D eigenvalue weighted by Gasteiger charge is -2.62. The summed E-state index contributed by atoms with van der Waals surface area (Å²) in [7, 11) is 0. The summed E-state index contributed by atoms with van der Waals surface area (Å²) < 4.78 is 17.0. The van der Waals surface area contributed by atoms with Gasteiger partial charge in [0.05, 0.1) is 6.10 Å². The van der Waals surface area contributed by atoms with Crippen molar-refractivity contribution in [3.63, 3.8) is 0 Å². The first-order valence-corrected chi connectivity index (χ1v) is 10.7. The minimum absolute atomic E-state index is 0.0423. The summed E-state index contributed by atoms with van der Waals surface area (Å²) in [5, 5.41) is 32.5. The largest absolute Gasteiger partial charge is 0.390 e. The summed E-state index contributed by atoms with van der Waals surface area (Å²) in [5.41, 5.74) is -5.68. The van der Waals surface area contributed by atoms with E-state index in [4.69, 9.17) is 0 Å². The molecule has 0 heterocycles. The van der Waals surface area contributed by atoms with Crippen LogP contribution in [-0.2, 0) is 9.59 Å². The number of hydrogen-bond donors (Lipinski definition) is 3. The lowest BCUT2D eigenvalue weighted by atomic mass is 9.44. The van der Waals surface area contributed by atoms with E-state index >= 15 is 4.39 Å². The summed E-state index contributed by atoms with van der Waals surface area (Å²) in [6, 6.07) is 0. The molecule has 4 fully saturated rings. The second kappa shape index (κ2) is 5.45. The molecule has 5 nitrogen and oxygen atoms in total. The third kappa shape index (κ3) is 1.92. The maximum atomic E-state index is 17.0. The van der Waals surface area contributed by atoms with E-state index in [0.29, 0.717) is 37.7 Å². The van der Waals surface area contributed by atoms with Crippen LogP contribution in [0.25, 0.3) is 0 Å². The molecule has 4 unspecified atom stereocenters. The number of fused-ring (bicyclic) bond motifs is 5. The minimum Gasteiger partial charge on any atom is -0.390 e. The minimum atomic E-state index is -1.97. The Kier molecular flexibility index (Phi) is 3.68. The van der Waals surface area contributed by atoms with Crippen LogP contribution in [0.15, 0.2) is 23.8 Å². The molecule has 0 aromatic carbocycles. The van der Waals surface area contributed by atoms with Crippen molar-refractivity contribution < 1.29 is 29.3 Å². The van der Waals surface area contributed by atoms with E-state index in [9.17, 15) is 24.9 Å². The van der Waals surface area contributed by atoms with Gasteiger partial charge in [0, 0.05) is 22.2 Å². The van der Waals surface area contributed by atoms with Gasteiger partial charge in [-0.15, -0.1) is 0 Å². The lowest BCUT2D eigenvalue weighted by Crippen LogP contribution is -2.69. The molecule has 0 bridgehead atoms. The Bertz CT molecular complexity index is 874. The number of carbonyl (C=O) groups excluding carboxylic acids is 2. The fourth-order valence-corrected chi connectivity index (χ4v) is 7.97. The Labute approximate surface area is 169 Å². The van der Waals surface area contributed by atoms with Crippen molar-refractivity contribution in [1.29, 1.82) is 0 Å². The predicted octanol–water partition coefficient (Wildman–Crippen LogP) is 2.04. The van der Waals surface area contributed by atoms with Crippen molar-refractivity contribution in [1.82, 2.24) is 0 Å². The van der Waals surface area contributed by atoms with Crippen LogP contribution in [0.3, 0.4) is 0 Å². The predicted molar refractivity (Wildman–Crippen MR) is 102 cm³/mol. The number of Topliss-reactive ketones (excluding diaryl/α,β-unsaturated/α-hetero) is 1. The van der Waals surface area contributed by atoms with Gasteiger partial charge in [-0.05, 0) is 63.5 Å². The summed E-state index contributed by atoms with van der Waals surface area (Å²) in [6.07, 6.45) is 5.99. The maximum absolute atomic E-state index is 17.0. The SMILES string of the molecule is CC12C[C@H](O)[C@@]3(F)C(CCC4=CC(=O)C=CC43C)C1CC1(CC1)[C@]2(O)C(=O)CO. The molecule has 0 aromatic heterocycles. The molecule has 5 aliphatic carbocycles. The number of aliphatic hydroxyl groups excluding tert-OH is 2. The molecule has 0 aliphatic heterocycles. The van der Waals surface area contributed by atoms with E-state index in [1.807, 2.05) is 0 Å². The Balaban J connectivity index is 1.65. The molecule has 0 saturated heterocycles. The smallest absolute Gasteiger partial charge is 0.190 e. The van der Waals surface area contributed by atoms with Crippen molar-refractivity contribution in [2.75, 3.05) is 6.61 Å². The highest BCUT2D eigenvalue weighted by atomic mass is 19.1. The zero-order valence-corrected chi connectivity index (χ0v) is 16.9. The van der Waals surface area contributed by atoms with Gasteiger partial charge in [-0.1, -0.05) is 18.6 Å². The number of allylic oxidation sites excluding steroid dienone is 4. The van der Waals surface area contributed by atoms with Gasteiger partial charge in [-0.25, -0.2) is 4.39 Å². The molecule has 5 aliphatic rings. The summed E-state index contributed by atoms with van der Waals surface area (Å²) in [5.74, 6) is -1.57. The summed E-state index contributed by atoms with van der Waals surface area (Å²) in [4.78, 5) is 24.7. The molecular weight excluding hydrogens is 375 g/mol.